The summed E-state index contributed by atoms with van der Waals surface area (Å²) in [6.07, 6.45) is 2.29. The highest BCUT2D eigenvalue weighted by molar-refractivity contribution is 5.91. The molecule has 0 spiro atoms. The Labute approximate surface area is 97.2 Å². The predicted molar refractivity (Wildman–Crippen MR) is 58.7 cm³/mol. The third-order valence-corrected chi connectivity index (χ3v) is 2.84. The number of imidazole rings is 1. The third-order valence-electron chi connectivity index (χ3n) is 2.84. The van der Waals surface area contributed by atoms with Gasteiger partial charge < -0.3 is 25.1 Å². The van der Waals surface area contributed by atoms with E-state index in [0.29, 0.717) is 26.1 Å². The summed E-state index contributed by atoms with van der Waals surface area (Å²) in [5, 5.41) is 12.7. The Morgan fingerprint density at radius 2 is 2.24 bits per heavy atom. The van der Waals surface area contributed by atoms with Crippen molar-refractivity contribution in [1.29, 1.82) is 0 Å². The minimum absolute atomic E-state index is 0.155. The minimum Gasteiger partial charge on any atom is -0.388 e. The van der Waals surface area contributed by atoms with Crippen LogP contribution in [0.4, 0.5) is 0 Å². The molecule has 0 radical (unpaired) electrons. The Bertz CT molecular complexity index is 444. The van der Waals surface area contributed by atoms with Crippen LogP contribution < -0.4 is 11.0 Å². The Balaban J connectivity index is 1.89. The molecule has 1 aromatic heterocycles. The first-order chi connectivity index (χ1) is 8.09. The molecule has 7 heteroatoms. The van der Waals surface area contributed by atoms with E-state index in [1.807, 2.05) is 0 Å². The lowest BCUT2D eigenvalue weighted by molar-refractivity contribution is -0.0605. The van der Waals surface area contributed by atoms with Gasteiger partial charge in [-0.2, -0.15) is 0 Å². The Hall–Kier alpha value is -1.60. The lowest BCUT2D eigenvalue weighted by Gasteiger charge is -2.31. The molecule has 1 fully saturated rings. The van der Waals surface area contributed by atoms with Crippen molar-refractivity contribution in [2.75, 3.05) is 19.8 Å². The van der Waals surface area contributed by atoms with Crippen molar-refractivity contribution in [3.8, 4) is 0 Å². The number of aromatic nitrogens is 2. The molecule has 1 amide bonds. The summed E-state index contributed by atoms with van der Waals surface area (Å²) in [7, 11) is 0. The van der Waals surface area contributed by atoms with Crippen LogP contribution in [-0.2, 0) is 4.74 Å². The molecule has 1 aliphatic heterocycles. The molecule has 17 heavy (non-hydrogen) atoms. The molecule has 0 unspecified atom stereocenters. The van der Waals surface area contributed by atoms with Crippen LogP contribution in [0.2, 0.25) is 0 Å². The van der Waals surface area contributed by atoms with Gasteiger partial charge in [-0.3, -0.25) is 4.79 Å². The molecule has 2 heterocycles. The summed E-state index contributed by atoms with van der Waals surface area (Å²) in [6, 6.07) is 0. The molecule has 2 rings (SSSR count). The van der Waals surface area contributed by atoms with Gasteiger partial charge in [0.05, 0.1) is 5.60 Å². The molecule has 0 aromatic carbocycles. The highest BCUT2D eigenvalue weighted by atomic mass is 16.5. The summed E-state index contributed by atoms with van der Waals surface area (Å²) < 4.78 is 5.13. The second-order valence-electron chi connectivity index (χ2n) is 4.18. The summed E-state index contributed by atoms with van der Waals surface area (Å²) >= 11 is 0. The summed E-state index contributed by atoms with van der Waals surface area (Å²) in [5.74, 6) is -0.414. The maximum atomic E-state index is 11.6. The van der Waals surface area contributed by atoms with E-state index < -0.39 is 17.2 Å². The van der Waals surface area contributed by atoms with Crippen LogP contribution in [0, 0.1) is 0 Å². The van der Waals surface area contributed by atoms with Crippen molar-refractivity contribution in [3.05, 3.63) is 22.4 Å². The van der Waals surface area contributed by atoms with Crippen LogP contribution in [-0.4, -0.2) is 46.3 Å². The highest BCUT2D eigenvalue weighted by Gasteiger charge is 2.30. The molecule has 0 bridgehead atoms. The molecule has 7 nitrogen and oxygen atoms in total. The fourth-order valence-electron chi connectivity index (χ4n) is 1.72. The molecule has 94 valence electrons. The van der Waals surface area contributed by atoms with E-state index in [0.717, 1.165) is 0 Å². The van der Waals surface area contributed by atoms with E-state index in [-0.39, 0.29) is 12.2 Å². The molecule has 4 N–H and O–H groups in total. The smallest absolute Gasteiger partial charge is 0.323 e. The largest absolute Gasteiger partial charge is 0.388 e. The van der Waals surface area contributed by atoms with E-state index in [2.05, 4.69) is 15.3 Å². The number of carbonyl (C=O) groups is 1. The summed E-state index contributed by atoms with van der Waals surface area (Å²) in [6.45, 7) is 1.14. The van der Waals surface area contributed by atoms with Gasteiger partial charge in [0.25, 0.3) is 5.91 Å². The number of hydrogen-bond acceptors (Lipinski definition) is 4. The molecule has 0 atom stereocenters. The topological polar surface area (TPSA) is 107 Å². The fraction of sp³-hybridized carbons (Fsp3) is 0.600. The molecular formula is C10H15N3O4. The highest BCUT2D eigenvalue weighted by Crippen LogP contribution is 2.19. The van der Waals surface area contributed by atoms with Crippen LogP contribution in [0.1, 0.15) is 23.3 Å². The van der Waals surface area contributed by atoms with Gasteiger partial charge in [0.15, 0.2) is 0 Å². The first-order valence-corrected chi connectivity index (χ1v) is 5.45. The first-order valence-electron chi connectivity index (χ1n) is 5.45. The molecule has 1 aromatic rings. The Morgan fingerprint density at radius 1 is 1.53 bits per heavy atom. The number of carbonyl (C=O) groups excluding carboxylic acids is 1. The minimum atomic E-state index is -0.912. The van der Waals surface area contributed by atoms with Crippen molar-refractivity contribution in [2.45, 2.75) is 18.4 Å². The Kier molecular flexibility index (Phi) is 3.30. The number of aromatic amines is 2. The molecule has 1 saturated heterocycles. The molecule has 1 aliphatic rings. The van der Waals surface area contributed by atoms with E-state index in [4.69, 9.17) is 4.74 Å². The third kappa shape index (κ3) is 2.95. The molecule has 0 aliphatic carbocycles. The van der Waals surface area contributed by atoms with Crippen molar-refractivity contribution in [2.24, 2.45) is 0 Å². The SMILES string of the molecule is O=C(NCC1(O)CCOCC1)c1c[nH]c(=O)[nH]1. The van der Waals surface area contributed by atoms with Crippen LogP contribution in [0.25, 0.3) is 0 Å². The maximum absolute atomic E-state index is 11.6. The predicted octanol–water partition coefficient (Wildman–Crippen LogP) is -1.03. The number of H-pyrrole nitrogens is 2. The number of rotatable bonds is 3. The molecular weight excluding hydrogens is 226 g/mol. The first kappa shape index (κ1) is 11.9. The van der Waals surface area contributed by atoms with Crippen LogP contribution in [0.5, 0.6) is 0 Å². The summed E-state index contributed by atoms with van der Waals surface area (Å²) in [5.41, 5.74) is -1.18. The monoisotopic (exact) mass is 241 g/mol. The lowest BCUT2D eigenvalue weighted by Crippen LogP contribution is -2.46. The second kappa shape index (κ2) is 4.72. The van der Waals surface area contributed by atoms with E-state index >= 15 is 0 Å². The average Bonchev–Trinajstić information content (AvgIpc) is 2.74. The van der Waals surface area contributed by atoms with E-state index in [1.54, 1.807) is 0 Å². The number of amides is 1. The number of nitrogens with one attached hydrogen (secondary N) is 3. The van der Waals surface area contributed by atoms with Gasteiger partial charge in [0.1, 0.15) is 5.69 Å². The summed E-state index contributed by atoms with van der Waals surface area (Å²) in [4.78, 5) is 27.1. The number of hydrogen-bond donors (Lipinski definition) is 4. The zero-order chi connectivity index (χ0) is 12.3. The quantitative estimate of drug-likeness (QED) is 0.543. The van der Waals surface area contributed by atoms with Crippen LogP contribution >= 0.6 is 0 Å². The fourth-order valence-corrected chi connectivity index (χ4v) is 1.72. The van der Waals surface area contributed by atoms with Crippen molar-refractivity contribution in [3.63, 3.8) is 0 Å². The number of aliphatic hydroxyl groups is 1. The van der Waals surface area contributed by atoms with Gasteiger partial charge in [-0.05, 0) is 0 Å². The normalized spacial score (nSPS) is 18.9. The van der Waals surface area contributed by atoms with Gasteiger partial charge in [-0.25, -0.2) is 4.79 Å². The van der Waals surface area contributed by atoms with Gasteiger partial charge in [0, 0.05) is 38.8 Å². The molecule has 0 saturated carbocycles. The maximum Gasteiger partial charge on any atom is 0.323 e. The van der Waals surface area contributed by atoms with Gasteiger partial charge in [0.2, 0.25) is 0 Å². The van der Waals surface area contributed by atoms with E-state index in [1.165, 1.54) is 6.20 Å². The number of ether oxygens (including phenoxy) is 1. The zero-order valence-electron chi connectivity index (χ0n) is 9.28. The standard InChI is InChI=1S/C10H15N3O4/c14-8(7-5-11-9(15)13-7)12-6-10(16)1-3-17-4-2-10/h5,16H,1-4,6H2,(H,12,14)(H2,11,13,15). The van der Waals surface area contributed by atoms with Gasteiger partial charge in [-0.1, -0.05) is 0 Å². The Morgan fingerprint density at radius 3 is 2.82 bits per heavy atom. The van der Waals surface area contributed by atoms with Gasteiger partial charge in [-0.15, -0.1) is 0 Å². The van der Waals surface area contributed by atoms with Gasteiger partial charge >= 0.3 is 5.69 Å². The van der Waals surface area contributed by atoms with Crippen molar-refractivity contribution >= 4 is 5.91 Å². The zero-order valence-corrected chi connectivity index (χ0v) is 9.28. The van der Waals surface area contributed by atoms with Crippen molar-refractivity contribution in [1.82, 2.24) is 15.3 Å². The van der Waals surface area contributed by atoms with Crippen LogP contribution in [0.3, 0.4) is 0 Å². The second-order valence-corrected chi connectivity index (χ2v) is 4.18. The van der Waals surface area contributed by atoms with Crippen LogP contribution in [0.15, 0.2) is 11.0 Å². The van der Waals surface area contributed by atoms with E-state index in [9.17, 15) is 14.7 Å². The lowest BCUT2D eigenvalue weighted by atomic mass is 9.94. The average molecular weight is 241 g/mol. The van der Waals surface area contributed by atoms with Crippen molar-refractivity contribution < 1.29 is 14.6 Å².